The van der Waals surface area contributed by atoms with Crippen LogP contribution in [0, 0.1) is 0 Å². The van der Waals surface area contributed by atoms with Gasteiger partial charge in [0.05, 0.1) is 11.4 Å². The van der Waals surface area contributed by atoms with E-state index in [-0.39, 0.29) is 0 Å². The number of Topliss-reactive ketones (excluding diaryl/α,β-unsaturated/α-hetero) is 1. The minimum atomic E-state index is 0.330. The fourth-order valence-electron chi connectivity index (χ4n) is 1.35. The Morgan fingerprint density at radius 1 is 1.43 bits per heavy atom. The second-order valence-electron chi connectivity index (χ2n) is 3.45. The number of carbonyl (C=O) groups excluding carboxylic acids is 1. The second kappa shape index (κ2) is 6.71. The summed E-state index contributed by atoms with van der Waals surface area (Å²) in [5, 5.41) is 2.87. The summed E-state index contributed by atoms with van der Waals surface area (Å²) >= 11 is 1.56. The Bertz CT molecular complexity index is 256. The van der Waals surface area contributed by atoms with E-state index in [1.165, 1.54) is 19.3 Å². The molecule has 14 heavy (non-hydrogen) atoms. The highest BCUT2D eigenvalue weighted by Crippen LogP contribution is 2.09. The van der Waals surface area contributed by atoms with Gasteiger partial charge < -0.3 is 0 Å². The maximum absolute atomic E-state index is 11.4. The Morgan fingerprint density at radius 3 is 2.93 bits per heavy atom. The zero-order valence-corrected chi connectivity index (χ0v) is 9.48. The Kier molecular flexibility index (Phi) is 5.45. The van der Waals surface area contributed by atoms with E-state index in [0.717, 1.165) is 17.8 Å². The lowest BCUT2D eigenvalue weighted by Crippen LogP contribution is -2.01. The Labute approximate surface area is 89.4 Å². The van der Waals surface area contributed by atoms with Crippen LogP contribution in [0.4, 0.5) is 0 Å². The van der Waals surface area contributed by atoms with Gasteiger partial charge in [-0.05, 0) is 6.42 Å². The molecule has 1 heterocycles. The molecule has 2 nitrogen and oxygen atoms in total. The average Bonchev–Trinajstić information content (AvgIpc) is 2.65. The van der Waals surface area contributed by atoms with Gasteiger partial charge >= 0.3 is 0 Å². The number of hydrogen-bond acceptors (Lipinski definition) is 3. The van der Waals surface area contributed by atoms with E-state index in [1.54, 1.807) is 17.5 Å². The molecule has 0 amide bonds. The highest BCUT2D eigenvalue weighted by molar-refractivity contribution is 7.09. The first kappa shape index (κ1) is 11.4. The summed E-state index contributed by atoms with van der Waals surface area (Å²) in [7, 11) is 0. The monoisotopic (exact) mass is 211 g/mol. The van der Waals surface area contributed by atoms with E-state index in [9.17, 15) is 4.79 Å². The van der Waals surface area contributed by atoms with Gasteiger partial charge in [-0.25, -0.2) is 4.98 Å². The van der Waals surface area contributed by atoms with Crippen molar-refractivity contribution in [3.05, 3.63) is 16.6 Å². The molecule has 0 aromatic carbocycles. The molecule has 0 N–H and O–H groups in total. The van der Waals surface area contributed by atoms with Gasteiger partial charge in [-0.2, -0.15) is 0 Å². The largest absolute Gasteiger partial charge is 0.299 e. The van der Waals surface area contributed by atoms with Gasteiger partial charge in [0.1, 0.15) is 5.78 Å². The smallest absolute Gasteiger partial charge is 0.139 e. The summed E-state index contributed by atoms with van der Waals surface area (Å²) in [6.07, 6.45) is 7.69. The summed E-state index contributed by atoms with van der Waals surface area (Å²) < 4.78 is 0. The topological polar surface area (TPSA) is 30.0 Å². The number of nitrogens with zero attached hydrogens (tertiary/aromatic N) is 1. The van der Waals surface area contributed by atoms with Crippen molar-refractivity contribution in [1.29, 1.82) is 0 Å². The molecule has 0 fully saturated rings. The Balaban J connectivity index is 2.11. The molecule has 1 aromatic rings. The standard InChI is InChI=1S/C11H17NOS/c1-2-3-4-5-6-10(13)9-11-12-7-8-14-11/h7-8H,2-6,9H2,1H3. The zero-order valence-electron chi connectivity index (χ0n) is 8.66. The summed E-state index contributed by atoms with van der Waals surface area (Å²) in [5.74, 6) is 0.330. The molecular formula is C11H17NOS. The van der Waals surface area contributed by atoms with E-state index >= 15 is 0 Å². The second-order valence-corrected chi connectivity index (χ2v) is 4.43. The SMILES string of the molecule is CCCCCCC(=O)Cc1nccs1. The van der Waals surface area contributed by atoms with E-state index in [4.69, 9.17) is 0 Å². The van der Waals surface area contributed by atoms with E-state index in [0.29, 0.717) is 12.2 Å². The average molecular weight is 211 g/mol. The third-order valence-electron chi connectivity index (χ3n) is 2.14. The molecule has 0 unspecified atom stereocenters. The minimum Gasteiger partial charge on any atom is -0.299 e. The molecular weight excluding hydrogens is 194 g/mol. The van der Waals surface area contributed by atoms with Crippen molar-refractivity contribution in [1.82, 2.24) is 4.98 Å². The number of ketones is 1. The fourth-order valence-corrected chi connectivity index (χ4v) is 1.99. The first-order chi connectivity index (χ1) is 6.83. The van der Waals surface area contributed by atoms with Crippen LogP contribution in [-0.2, 0) is 11.2 Å². The lowest BCUT2D eigenvalue weighted by molar-refractivity contribution is -0.118. The van der Waals surface area contributed by atoms with Crippen LogP contribution >= 0.6 is 11.3 Å². The molecule has 0 aliphatic carbocycles. The molecule has 0 radical (unpaired) electrons. The zero-order chi connectivity index (χ0) is 10.2. The predicted molar refractivity (Wildman–Crippen MR) is 59.6 cm³/mol. The van der Waals surface area contributed by atoms with Crippen molar-refractivity contribution in [2.24, 2.45) is 0 Å². The molecule has 1 aromatic heterocycles. The summed E-state index contributed by atoms with van der Waals surface area (Å²) in [4.78, 5) is 15.5. The summed E-state index contributed by atoms with van der Waals surface area (Å²) in [5.41, 5.74) is 0. The number of hydrogen-bond donors (Lipinski definition) is 0. The highest BCUT2D eigenvalue weighted by atomic mass is 32.1. The number of aromatic nitrogens is 1. The van der Waals surface area contributed by atoms with Gasteiger partial charge in [-0.1, -0.05) is 26.2 Å². The van der Waals surface area contributed by atoms with Crippen molar-refractivity contribution in [2.75, 3.05) is 0 Å². The summed E-state index contributed by atoms with van der Waals surface area (Å²) in [6.45, 7) is 2.18. The molecule has 1 rings (SSSR count). The Hall–Kier alpha value is -0.700. The molecule has 0 atom stereocenters. The van der Waals surface area contributed by atoms with Crippen molar-refractivity contribution >= 4 is 17.1 Å². The van der Waals surface area contributed by atoms with Gasteiger partial charge in [0, 0.05) is 18.0 Å². The normalized spacial score (nSPS) is 10.4. The molecule has 0 bridgehead atoms. The van der Waals surface area contributed by atoms with Crippen molar-refractivity contribution in [3.8, 4) is 0 Å². The summed E-state index contributed by atoms with van der Waals surface area (Å²) in [6, 6.07) is 0. The van der Waals surface area contributed by atoms with Crippen molar-refractivity contribution < 1.29 is 4.79 Å². The lowest BCUT2D eigenvalue weighted by Gasteiger charge is -1.98. The molecule has 3 heteroatoms. The van der Waals surface area contributed by atoms with E-state index in [1.807, 2.05) is 5.38 Å². The van der Waals surface area contributed by atoms with Gasteiger partial charge in [0.2, 0.25) is 0 Å². The van der Waals surface area contributed by atoms with E-state index in [2.05, 4.69) is 11.9 Å². The molecule has 78 valence electrons. The van der Waals surface area contributed by atoms with Gasteiger partial charge in [0.15, 0.2) is 0 Å². The van der Waals surface area contributed by atoms with Crippen molar-refractivity contribution in [3.63, 3.8) is 0 Å². The van der Waals surface area contributed by atoms with Crippen LogP contribution in [0.5, 0.6) is 0 Å². The first-order valence-electron chi connectivity index (χ1n) is 5.23. The van der Waals surface area contributed by atoms with Crippen LogP contribution in [0.15, 0.2) is 11.6 Å². The molecule has 0 saturated carbocycles. The molecule has 0 aliphatic rings. The number of thiazole rings is 1. The minimum absolute atomic E-state index is 0.330. The van der Waals surface area contributed by atoms with E-state index < -0.39 is 0 Å². The maximum atomic E-state index is 11.4. The van der Waals surface area contributed by atoms with Crippen molar-refractivity contribution in [2.45, 2.75) is 45.4 Å². The quantitative estimate of drug-likeness (QED) is 0.648. The Morgan fingerprint density at radius 2 is 2.29 bits per heavy atom. The third kappa shape index (κ3) is 4.51. The third-order valence-corrected chi connectivity index (χ3v) is 2.92. The first-order valence-corrected chi connectivity index (χ1v) is 6.11. The van der Waals surface area contributed by atoms with Crippen LogP contribution in [0.2, 0.25) is 0 Å². The number of carbonyl (C=O) groups is 1. The number of rotatable bonds is 7. The van der Waals surface area contributed by atoms with Gasteiger partial charge in [-0.3, -0.25) is 4.79 Å². The maximum Gasteiger partial charge on any atom is 0.139 e. The number of unbranched alkanes of at least 4 members (excludes halogenated alkanes) is 3. The van der Waals surface area contributed by atoms with Gasteiger partial charge in [-0.15, -0.1) is 11.3 Å². The van der Waals surface area contributed by atoms with Crippen LogP contribution in [-0.4, -0.2) is 10.8 Å². The molecule has 0 aliphatic heterocycles. The highest BCUT2D eigenvalue weighted by Gasteiger charge is 2.04. The fraction of sp³-hybridized carbons (Fsp3) is 0.636. The molecule has 0 spiro atoms. The lowest BCUT2D eigenvalue weighted by atomic mass is 10.1. The van der Waals surface area contributed by atoms with Crippen LogP contribution in [0.3, 0.4) is 0 Å². The van der Waals surface area contributed by atoms with Crippen LogP contribution in [0.25, 0.3) is 0 Å². The van der Waals surface area contributed by atoms with Crippen LogP contribution < -0.4 is 0 Å². The van der Waals surface area contributed by atoms with Crippen LogP contribution in [0.1, 0.15) is 44.0 Å². The van der Waals surface area contributed by atoms with Gasteiger partial charge in [0.25, 0.3) is 0 Å². The molecule has 0 saturated heterocycles. The predicted octanol–water partition coefficient (Wildman–Crippen LogP) is 3.23.